The van der Waals surface area contributed by atoms with Gasteiger partial charge in [-0.15, -0.1) is 0 Å². The molecule has 1 aromatic heterocycles. The van der Waals surface area contributed by atoms with Crippen molar-refractivity contribution in [1.29, 1.82) is 0 Å². The summed E-state index contributed by atoms with van der Waals surface area (Å²) >= 11 is 1.74. The number of nitrogens with two attached hydrogens (primary N) is 1. The molecule has 1 aliphatic heterocycles. The van der Waals surface area contributed by atoms with Crippen molar-refractivity contribution in [2.45, 2.75) is 24.8 Å². The summed E-state index contributed by atoms with van der Waals surface area (Å²) in [7, 11) is 0. The molecule has 2 N–H and O–H groups in total. The third kappa shape index (κ3) is 2.42. The van der Waals surface area contributed by atoms with Gasteiger partial charge in [0, 0.05) is 0 Å². The first-order valence-corrected chi connectivity index (χ1v) is 7.20. The highest BCUT2D eigenvalue weighted by molar-refractivity contribution is 7.07. The van der Waals surface area contributed by atoms with Gasteiger partial charge in [-0.2, -0.15) is 11.3 Å². The van der Waals surface area contributed by atoms with E-state index < -0.39 is 0 Å². The van der Waals surface area contributed by atoms with Crippen LogP contribution in [0.4, 0.5) is 0 Å². The first-order valence-electron chi connectivity index (χ1n) is 6.26. The van der Waals surface area contributed by atoms with Gasteiger partial charge in [-0.25, -0.2) is 0 Å². The molecule has 0 saturated carbocycles. The quantitative estimate of drug-likeness (QED) is 0.919. The van der Waals surface area contributed by atoms with Gasteiger partial charge in [-0.05, 0) is 53.3 Å². The van der Waals surface area contributed by atoms with Crippen molar-refractivity contribution >= 4 is 11.3 Å². The first kappa shape index (κ1) is 11.8. The summed E-state index contributed by atoms with van der Waals surface area (Å²) in [5, 5.41) is 4.31. The van der Waals surface area contributed by atoms with Crippen molar-refractivity contribution in [2.75, 3.05) is 6.61 Å². The van der Waals surface area contributed by atoms with Crippen molar-refractivity contribution < 1.29 is 4.74 Å². The number of fused-ring (bicyclic) bond motifs is 1. The maximum absolute atomic E-state index is 6.47. The van der Waals surface area contributed by atoms with Gasteiger partial charge < -0.3 is 10.5 Å². The molecule has 2 aromatic rings. The lowest BCUT2D eigenvalue weighted by molar-refractivity contribution is 0.182. The Morgan fingerprint density at radius 3 is 3.00 bits per heavy atom. The standard InChI is InChI=1S/C15H17NOS/c16-15(7-5-12-6-8-18-10-12)9-13-3-1-2-4-14(13)17-11-15/h1-4,6,8,10H,5,7,9,11,16H2. The van der Waals surface area contributed by atoms with Crippen molar-refractivity contribution in [3.05, 3.63) is 52.2 Å². The highest BCUT2D eigenvalue weighted by Gasteiger charge is 2.31. The molecule has 0 aliphatic carbocycles. The highest BCUT2D eigenvalue weighted by atomic mass is 32.1. The maximum Gasteiger partial charge on any atom is 0.122 e. The number of benzene rings is 1. The third-order valence-corrected chi connectivity index (χ3v) is 4.25. The average Bonchev–Trinajstić information content (AvgIpc) is 2.90. The molecular formula is C15H17NOS. The second-order valence-corrected chi connectivity index (χ2v) is 5.85. The van der Waals surface area contributed by atoms with E-state index in [0.29, 0.717) is 6.61 Å². The zero-order valence-corrected chi connectivity index (χ0v) is 11.1. The minimum Gasteiger partial charge on any atom is -0.491 e. The number of hydrogen-bond acceptors (Lipinski definition) is 3. The fourth-order valence-corrected chi connectivity index (χ4v) is 3.13. The second-order valence-electron chi connectivity index (χ2n) is 5.07. The van der Waals surface area contributed by atoms with Crippen LogP contribution in [0.3, 0.4) is 0 Å². The topological polar surface area (TPSA) is 35.2 Å². The molecule has 2 nitrogen and oxygen atoms in total. The van der Waals surface area contributed by atoms with Crippen molar-refractivity contribution in [3.8, 4) is 5.75 Å². The molecular weight excluding hydrogens is 242 g/mol. The Morgan fingerprint density at radius 1 is 1.28 bits per heavy atom. The number of aryl methyl sites for hydroxylation is 1. The molecule has 2 heterocycles. The van der Waals surface area contributed by atoms with Crippen LogP contribution in [0.15, 0.2) is 41.1 Å². The van der Waals surface area contributed by atoms with E-state index in [9.17, 15) is 0 Å². The van der Waals surface area contributed by atoms with E-state index in [0.717, 1.165) is 25.0 Å². The van der Waals surface area contributed by atoms with Crippen molar-refractivity contribution in [1.82, 2.24) is 0 Å². The van der Waals surface area contributed by atoms with Crippen LogP contribution in [0.2, 0.25) is 0 Å². The van der Waals surface area contributed by atoms with E-state index in [-0.39, 0.29) is 5.54 Å². The van der Waals surface area contributed by atoms with Crippen LogP contribution in [0.25, 0.3) is 0 Å². The Morgan fingerprint density at radius 2 is 2.17 bits per heavy atom. The molecule has 3 heteroatoms. The largest absolute Gasteiger partial charge is 0.491 e. The molecule has 3 rings (SSSR count). The summed E-state index contributed by atoms with van der Waals surface area (Å²) in [6.07, 6.45) is 2.91. The van der Waals surface area contributed by atoms with Gasteiger partial charge in [0.25, 0.3) is 0 Å². The predicted octanol–water partition coefficient (Wildman–Crippen LogP) is 3.01. The molecule has 1 aromatic carbocycles. The van der Waals surface area contributed by atoms with Crippen LogP contribution in [-0.2, 0) is 12.8 Å². The van der Waals surface area contributed by atoms with Crippen molar-refractivity contribution in [2.24, 2.45) is 5.73 Å². The maximum atomic E-state index is 6.47. The minimum absolute atomic E-state index is 0.226. The Balaban J connectivity index is 1.69. The number of ether oxygens (including phenoxy) is 1. The SMILES string of the molecule is NC1(CCc2ccsc2)COc2ccccc2C1. The number of rotatable bonds is 3. The second kappa shape index (κ2) is 4.75. The summed E-state index contributed by atoms with van der Waals surface area (Å²) < 4.78 is 5.79. The molecule has 1 aliphatic rings. The summed E-state index contributed by atoms with van der Waals surface area (Å²) in [6, 6.07) is 10.4. The van der Waals surface area contributed by atoms with Crippen LogP contribution in [0, 0.1) is 0 Å². The fraction of sp³-hybridized carbons (Fsp3) is 0.333. The first-order chi connectivity index (χ1) is 8.75. The van der Waals surface area contributed by atoms with Crippen LogP contribution >= 0.6 is 11.3 Å². The molecule has 0 spiro atoms. The Kier molecular flexibility index (Phi) is 3.10. The normalized spacial score (nSPS) is 22.3. The van der Waals surface area contributed by atoms with Gasteiger partial charge in [-0.1, -0.05) is 18.2 Å². The highest BCUT2D eigenvalue weighted by Crippen LogP contribution is 2.30. The van der Waals surface area contributed by atoms with E-state index >= 15 is 0 Å². The molecule has 0 bridgehead atoms. The van der Waals surface area contributed by atoms with Crippen LogP contribution in [0.1, 0.15) is 17.5 Å². The lowest BCUT2D eigenvalue weighted by Gasteiger charge is -2.34. The molecule has 1 atom stereocenters. The molecule has 0 radical (unpaired) electrons. The lowest BCUT2D eigenvalue weighted by Crippen LogP contribution is -2.50. The fourth-order valence-electron chi connectivity index (χ4n) is 2.43. The number of hydrogen-bond donors (Lipinski definition) is 1. The number of thiophene rings is 1. The van der Waals surface area contributed by atoms with Crippen LogP contribution in [-0.4, -0.2) is 12.1 Å². The van der Waals surface area contributed by atoms with E-state index in [1.165, 1.54) is 11.1 Å². The minimum atomic E-state index is -0.226. The van der Waals surface area contributed by atoms with Crippen molar-refractivity contribution in [3.63, 3.8) is 0 Å². The molecule has 0 amide bonds. The van der Waals surface area contributed by atoms with Gasteiger partial charge in [0.1, 0.15) is 12.4 Å². The number of para-hydroxylation sites is 1. The zero-order valence-electron chi connectivity index (χ0n) is 10.3. The molecule has 0 fully saturated rings. The summed E-state index contributed by atoms with van der Waals surface area (Å²) in [5.74, 6) is 0.995. The van der Waals surface area contributed by atoms with Crippen LogP contribution in [0.5, 0.6) is 5.75 Å². The van der Waals surface area contributed by atoms with E-state index in [4.69, 9.17) is 10.5 Å². The average molecular weight is 259 g/mol. The van der Waals surface area contributed by atoms with Crippen LogP contribution < -0.4 is 10.5 Å². The van der Waals surface area contributed by atoms with E-state index in [1.807, 2.05) is 18.2 Å². The lowest BCUT2D eigenvalue weighted by atomic mass is 9.85. The molecule has 94 valence electrons. The van der Waals surface area contributed by atoms with Gasteiger partial charge in [0.15, 0.2) is 0 Å². The zero-order chi connectivity index (χ0) is 12.4. The van der Waals surface area contributed by atoms with Gasteiger partial charge >= 0.3 is 0 Å². The summed E-state index contributed by atoms with van der Waals surface area (Å²) in [6.45, 7) is 0.619. The van der Waals surface area contributed by atoms with Gasteiger partial charge in [0.05, 0.1) is 5.54 Å². The van der Waals surface area contributed by atoms with E-state index in [2.05, 4.69) is 22.9 Å². The summed E-state index contributed by atoms with van der Waals surface area (Å²) in [4.78, 5) is 0. The van der Waals surface area contributed by atoms with E-state index in [1.54, 1.807) is 11.3 Å². The van der Waals surface area contributed by atoms with Gasteiger partial charge in [-0.3, -0.25) is 0 Å². The Bertz CT molecular complexity index is 523. The molecule has 0 saturated heterocycles. The predicted molar refractivity (Wildman–Crippen MR) is 75.2 cm³/mol. The monoisotopic (exact) mass is 259 g/mol. The summed E-state index contributed by atoms with van der Waals surface area (Å²) in [5.41, 5.74) is 8.85. The smallest absolute Gasteiger partial charge is 0.122 e. The van der Waals surface area contributed by atoms with Gasteiger partial charge in [0.2, 0.25) is 0 Å². The molecule has 1 unspecified atom stereocenters. The third-order valence-electron chi connectivity index (χ3n) is 3.52. The Labute approximate surface area is 111 Å². The molecule has 18 heavy (non-hydrogen) atoms. The Hall–Kier alpha value is -1.32.